The van der Waals surface area contributed by atoms with Gasteiger partial charge in [-0.25, -0.2) is 9.97 Å². The standard InChI is InChI=1S/C11H9F2N3O/c12-11(13)17-10-3-7(1-2-9(10)14)8-4-15-6-16-5-8/h1-6,11H,14H2. The molecule has 0 radical (unpaired) electrons. The number of anilines is 1. The first-order chi connectivity index (χ1) is 8.16. The summed E-state index contributed by atoms with van der Waals surface area (Å²) in [7, 11) is 0. The fraction of sp³-hybridized carbons (Fsp3) is 0.0909. The van der Waals surface area contributed by atoms with Gasteiger partial charge < -0.3 is 10.5 Å². The van der Waals surface area contributed by atoms with Crippen molar-refractivity contribution >= 4 is 5.69 Å². The minimum Gasteiger partial charge on any atom is -0.433 e. The molecule has 0 bridgehead atoms. The second kappa shape index (κ2) is 4.73. The van der Waals surface area contributed by atoms with E-state index in [4.69, 9.17) is 5.73 Å². The molecule has 2 aromatic rings. The van der Waals surface area contributed by atoms with Crippen molar-refractivity contribution in [1.29, 1.82) is 0 Å². The predicted molar refractivity (Wildman–Crippen MR) is 58.5 cm³/mol. The number of nitrogens with two attached hydrogens (primary N) is 1. The van der Waals surface area contributed by atoms with Crippen molar-refractivity contribution in [2.45, 2.75) is 6.61 Å². The second-order valence-corrected chi connectivity index (χ2v) is 3.26. The van der Waals surface area contributed by atoms with Gasteiger partial charge in [-0.1, -0.05) is 6.07 Å². The summed E-state index contributed by atoms with van der Waals surface area (Å²) in [6, 6.07) is 4.62. The van der Waals surface area contributed by atoms with Gasteiger partial charge in [-0.2, -0.15) is 8.78 Å². The summed E-state index contributed by atoms with van der Waals surface area (Å²) in [5.74, 6) is -0.0543. The minimum absolute atomic E-state index is 0.0543. The van der Waals surface area contributed by atoms with E-state index in [1.807, 2.05) is 0 Å². The quantitative estimate of drug-likeness (QED) is 0.832. The molecule has 88 valence electrons. The van der Waals surface area contributed by atoms with Gasteiger partial charge in [0.05, 0.1) is 5.69 Å². The number of nitrogens with zero attached hydrogens (tertiary/aromatic N) is 2. The Bertz CT molecular complexity index is 505. The Hall–Kier alpha value is -2.24. The lowest BCUT2D eigenvalue weighted by Gasteiger charge is -2.09. The lowest BCUT2D eigenvalue weighted by molar-refractivity contribution is -0.0492. The third-order valence-electron chi connectivity index (χ3n) is 2.12. The average molecular weight is 237 g/mol. The zero-order valence-electron chi connectivity index (χ0n) is 8.68. The van der Waals surface area contributed by atoms with E-state index in [1.54, 1.807) is 18.5 Å². The van der Waals surface area contributed by atoms with E-state index >= 15 is 0 Å². The number of hydrogen-bond acceptors (Lipinski definition) is 4. The van der Waals surface area contributed by atoms with Crippen molar-refractivity contribution in [2.75, 3.05) is 5.73 Å². The molecular weight excluding hydrogens is 228 g/mol. The summed E-state index contributed by atoms with van der Waals surface area (Å²) in [6.45, 7) is -2.90. The van der Waals surface area contributed by atoms with Crippen LogP contribution in [-0.2, 0) is 0 Å². The molecule has 0 aliphatic heterocycles. The van der Waals surface area contributed by atoms with Gasteiger partial charge in [-0.3, -0.25) is 0 Å². The summed E-state index contributed by atoms with van der Waals surface area (Å²) in [5.41, 5.74) is 7.05. The molecule has 1 aromatic heterocycles. The Kier molecular flexibility index (Phi) is 3.13. The number of rotatable bonds is 3. The molecule has 0 aliphatic rings. The highest BCUT2D eigenvalue weighted by Gasteiger charge is 2.09. The number of benzene rings is 1. The van der Waals surface area contributed by atoms with Crippen LogP contribution in [0, 0.1) is 0 Å². The van der Waals surface area contributed by atoms with E-state index < -0.39 is 6.61 Å². The fourth-order valence-corrected chi connectivity index (χ4v) is 1.36. The third-order valence-corrected chi connectivity index (χ3v) is 2.12. The van der Waals surface area contributed by atoms with E-state index in [2.05, 4.69) is 14.7 Å². The number of nitrogen functional groups attached to an aromatic ring is 1. The number of alkyl halides is 2. The lowest BCUT2D eigenvalue weighted by Crippen LogP contribution is -2.04. The Morgan fingerprint density at radius 3 is 2.47 bits per heavy atom. The largest absolute Gasteiger partial charge is 0.433 e. The molecule has 0 fully saturated rings. The highest BCUT2D eigenvalue weighted by atomic mass is 19.3. The fourth-order valence-electron chi connectivity index (χ4n) is 1.36. The van der Waals surface area contributed by atoms with Gasteiger partial charge in [-0.15, -0.1) is 0 Å². The minimum atomic E-state index is -2.90. The highest BCUT2D eigenvalue weighted by Crippen LogP contribution is 2.29. The van der Waals surface area contributed by atoms with E-state index in [0.29, 0.717) is 11.1 Å². The molecule has 6 heteroatoms. The molecule has 0 saturated carbocycles. The van der Waals surface area contributed by atoms with E-state index in [9.17, 15) is 8.78 Å². The predicted octanol–water partition coefficient (Wildman–Crippen LogP) is 2.33. The van der Waals surface area contributed by atoms with E-state index in [0.717, 1.165) is 0 Å². The van der Waals surface area contributed by atoms with Gasteiger partial charge in [-0.05, 0) is 17.7 Å². The normalized spacial score (nSPS) is 10.5. The van der Waals surface area contributed by atoms with Crippen LogP contribution in [0.3, 0.4) is 0 Å². The number of halogens is 2. The zero-order chi connectivity index (χ0) is 12.3. The molecule has 0 saturated heterocycles. The summed E-state index contributed by atoms with van der Waals surface area (Å²) in [6.07, 6.45) is 4.53. The first-order valence-corrected chi connectivity index (χ1v) is 4.76. The molecule has 0 spiro atoms. The van der Waals surface area contributed by atoms with Crippen LogP contribution in [0.15, 0.2) is 36.9 Å². The molecule has 1 heterocycles. The summed E-state index contributed by atoms with van der Waals surface area (Å²) >= 11 is 0. The van der Waals surface area contributed by atoms with E-state index in [-0.39, 0.29) is 11.4 Å². The van der Waals surface area contributed by atoms with Gasteiger partial charge in [0.1, 0.15) is 12.1 Å². The van der Waals surface area contributed by atoms with Crippen molar-refractivity contribution in [2.24, 2.45) is 0 Å². The van der Waals surface area contributed by atoms with Crippen LogP contribution in [0.1, 0.15) is 0 Å². The second-order valence-electron chi connectivity index (χ2n) is 3.26. The summed E-state index contributed by atoms with van der Waals surface area (Å²) in [4.78, 5) is 7.69. The number of ether oxygens (including phenoxy) is 1. The first-order valence-electron chi connectivity index (χ1n) is 4.76. The van der Waals surface area contributed by atoms with Crippen molar-refractivity contribution in [3.63, 3.8) is 0 Å². The molecule has 4 nitrogen and oxygen atoms in total. The third kappa shape index (κ3) is 2.66. The van der Waals surface area contributed by atoms with Gasteiger partial charge in [0.25, 0.3) is 0 Å². The Balaban J connectivity index is 2.37. The van der Waals surface area contributed by atoms with Crippen molar-refractivity contribution in [1.82, 2.24) is 9.97 Å². The number of aromatic nitrogens is 2. The zero-order valence-corrected chi connectivity index (χ0v) is 8.68. The Morgan fingerprint density at radius 2 is 1.82 bits per heavy atom. The maximum absolute atomic E-state index is 12.1. The SMILES string of the molecule is Nc1ccc(-c2cncnc2)cc1OC(F)F. The summed E-state index contributed by atoms with van der Waals surface area (Å²) < 4.78 is 28.6. The van der Waals surface area contributed by atoms with Crippen LogP contribution in [0.25, 0.3) is 11.1 Å². The van der Waals surface area contributed by atoms with Crippen LogP contribution in [0.5, 0.6) is 5.75 Å². The summed E-state index contributed by atoms with van der Waals surface area (Å²) in [5, 5.41) is 0. The van der Waals surface area contributed by atoms with Crippen molar-refractivity contribution in [3.05, 3.63) is 36.9 Å². The number of hydrogen-bond donors (Lipinski definition) is 1. The molecule has 0 atom stereocenters. The average Bonchev–Trinajstić information content (AvgIpc) is 2.32. The van der Waals surface area contributed by atoms with Gasteiger partial charge in [0, 0.05) is 18.0 Å². The molecule has 1 aromatic carbocycles. The molecule has 0 amide bonds. The van der Waals surface area contributed by atoms with Gasteiger partial charge in [0.2, 0.25) is 0 Å². The smallest absolute Gasteiger partial charge is 0.387 e. The van der Waals surface area contributed by atoms with Crippen LogP contribution < -0.4 is 10.5 Å². The van der Waals surface area contributed by atoms with Crippen molar-refractivity contribution < 1.29 is 13.5 Å². The molecule has 0 aliphatic carbocycles. The molecular formula is C11H9F2N3O. The molecule has 2 N–H and O–H groups in total. The van der Waals surface area contributed by atoms with Gasteiger partial charge in [0.15, 0.2) is 0 Å². The van der Waals surface area contributed by atoms with Crippen molar-refractivity contribution in [3.8, 4) is 16.9 Å². The monoisotopic (exact) mass is 237 g/mol. The molecule has 17 heavy (non-hydrogen) atoms. The van der Waals surface area contributed by atoms with Crippen LogP contribution in [0.4, 0.5) is 14.5 Å². The topological polar surface area (TPSA) is 61.0 Å². The van der Waals surface area contributed by atoms with Crippen LogP contribution in [0.2, 0.25) is 0 Å². The highest BCUT2D eigenvalue weighted by molar-refractivity contribution is 5.68. The maximum atomic E-state index is 12.1. The van der Waals surface area contributed by atoms with Crippen LogP contribution >= 0.6 is 0 Å². The van der Waals surface area contributed by atoms with E-state index in [1.165, 1.54) is 18.5 Å². The molecule has 0 unspecified atom stereocenters. The van der Waals surface area contributed by atoms with Crippen LogP contribution in [-0.4, -0.2) is 16.6 Å². The Labute approximate surface area is 96.1 Å². The maximum Gasteiger partial charge on any atom is 0.387 e. The first kappa shape index (κ1) is 11.3. The van der Waals surface area contributed by atoms with Gasteiger partial charge >= 0.3 is 6.61 Å². The lowest BCUT2D eigenvalue weighted by atomic mass is 10.1. The Morgan fingerprint density at radius 1 is 1.12 bits per heavy atom. The molecule has 2 rings (SSSR count).